The zero-order chi connectivity index (χ0) is 42.1. The Morgan fingerprint density at radius 3 is 1.12 bits per heavy atom. The summed E-state index contributed by atoms with van der Waals surface area (Å²) in [4.78, 5) is 12.4. The van der Waals surface area contributed by atoms with Crippen molar-refractivity contribution < 1.29 is 15.0 Å². The second-order valence-electron chi connectivity index (χ2n) is 15.1. The molecule has 0 aromatic rings. The topological polar surface area (TPSA) is 69.6 Å². The third kappa shape index (κ3) is 43.6. The molecule has 58 heavy (non-hydrogen) atoms. The Balaban J connectivity index is 3.71. The molecule has 0 aliphatic rings. The number of hydrogen-bond donors (Lipinski definition) is 3. The Bertz CT molecular complexity index is 1220. The average molecular weight is 798 g/mol. The first-order chi connectivity index (χ1) is 28.7. The molecule has 0 aromatic carbocycles. The highest BCUT2D eigenvalue weighted by Crippen LogP contribution is 2.13. The lowest BCUT2D eigenvalue weighted by Crippen LogP contribution is -2.45. The van der Waals surface area contributed by atoms with Crippen molar-refractivity contribution in [3.63, 3.8) is 0 Å². The highest BCUT2D eigenvalue weighted by atomic mass is 16.3. The maximum Gasteiger partial charge on any atom is 0.220 e. The smallest absolute Gasteiger partial charge is 0.220 e. The Hall–Kier alpha value is -3.47. The molecule has 0 fully saturated rings. The van der Waals surface area contributed by atoms with Gasteiger partial charge >= 0.3 is 0 Å². The fourth-order valence-electron chi connectivity index (χ4n) is 6.13. The van der Waals surface area contributed by atoms with E-state index < -0.39 is 12.1 Å². The van der Waals surface area contributed by atoms with Gasteiger partial charge in [-0.1, -0.05) is 212 Å². The molecule has 4 nitrogen and oxygen atoms in total. The molecule has 0 radical (unpaired) electrons. The van der Waals surface area contributed by atoms with Crippen LogP contribution >= 0.6 is 0 Å². The van der Waals surface area contributed by atoms with Crippen LogP contribution in [0.25, 0.3) is 0 Å². The molecule has 4 heteroatoms. The standard InChI is InChI=1S/C54H87NO3/c1-3-5-7-9-11-13-14-15-16-17-18-19-20-21-22-23-24-25-26-27-28-29-30-31-32-33-34-35-36-37-38-39-40-42-44-46-48-50-54(58)55-52(51-56)53(57)49-47-45-43-41-12-10-8-6-4-2/h5,7,11,13,15-16,18-19,21-22,24-25,27-28,30-31,33-34,36-37,39-40,52-53,56-57H,3-4,6,8-10,12,14,17,20,23,26,29,32,35,38,41-51H2,1-2H3,(H,55,58)/b7-5-,13-11-,16-15-,19-18-,22-21-,25-24-,28-27-,31-30-,34-33-,37-36-,40-39-. The van der Waals surface area contributed by atoms with E-state index in [0.29, 0.717) is 12.8 Å². The zero-order valence-corrected chi connectivity index (χ0v) is 37.3. The number of nitrogens with one attached hydrogen (secondary N) is 1. The van der Waals surface area contributed by atoms with Crippen LogP contribution in [0.4, 0.5) is 0 Å². The van der Waals surface area contributed by atoms with E-state index in [9.17, 15) is 15.0 Å². The van der Waals surface area contributed by atoms with Crippen LogP contribution < -0.4 is 5.32 Å². The van der Waals surface area contributed by atoms with Crippen molar-refractivity contribution in [3.05, 3.63) is 134 Å². The summed E-state index contributed by atoms with van der Waals surface area (Å²) >= 11 is 0. The molecule has 326 valence electrons. The third-order valence-electron chi connectivity index (χ3n) is 9.68. The minimum atomic E-state index is -0.680. The molecule has 0 saturated carbocycles. The number of aliphatic hydroxyl groups excluding tert-OH is 2. The first-order valence-corrected chi connectivity index (χ1v) is 23.4. The summed E-state index contributed by atoms with van der Waals surface area (Å²) in [5.74, 6) is -0.0727. The van der Waals surface area contributed by atoms with Crippen molar-refractivity contribution in [3.8, 4) is 0 Å². The van der Waals surface area contributed by atoms with Gasteiger partial charge in [-0.05, 0) is 96.3 Å². The fraction of sp³-hybridized carbons (Fsp3) is 0.574. The molecule has 0 saturated heterocycles. The van der Waals surface area contributed by atoms with Crippen molar-refractivity contribution in [2.45, 2.75) is 193 Å². The lowest BCUT2D eigenvalue weighted by atomic mass is 10.0. The van der Waals surface area contributed by atoms with E-state index in [1.165, 1.54) is 44.9 Å². The first-order valence-electron chi connectivity index (χ1n) is 23.4. The van der Waals surface area contributed by atoms with Gasteiger partial charge < -0.3 is 15.5 Å². The van der Waals surface area contributed by atoms with Crippen LogP contribution in [0.5, 0.6) is 0 Å². The largest absolute Gasteiger partial charge is 0.394 e. The summed E-state index contributed by atoms with van der Waals surface area (Å²) in [6.07, 6.45) is 75.4. The number of rotatable bonds is 40. The molecule has 1 amide bonds. The van der Waals surface area contributed by atoms with Crippen LogP contribution in [0.15, 0.2) is 134 Å². The number of hydrogen-bond acceptors (Lipinski definition) is 3. The van der Waals surface area contributed by atoms with E-state index >= 15 is 0 Å². The van der Waals surface area contributed by atoms with Crippen molar-refractivity contribution >= 4 is 5.91 Å². The van der Waals surface area contributed by atoms with E-state index in [4.69, 9.17) is 0 Å². The molecule has 2 unspecified atom stereocenters. The van der Waals surface area contributed by atoms with Crippen LogP contribution in [0.1, 0.15) is 181 Å². The molecule has 2 atom stereocenters. The van der Waals surface area contributed by atoms with Gasteiger partial charge in [-0.2, -0.15) is 0 Å². The van der Waals surface area contributed by atoms with Crippen molar-refractivity contribution in [2.24, 2.45) is 0 Å². The molecule has 0 aliphatic carbocycles. The predicted octanol–water partition coefficient (Wildman–Crippen LogP) is 15.1. The fourth-order valence-corrected chi connectivity index (χ4v) is 6.13. The van der Waals surface area contributed by atoms with Gasteiger partial charge in [0.2, 0.25) is 5.91 Å². The minimum Gasteiger partial charge on any atom is -0.394 e. The Labute approximate surface area is 358 Å². The van der Waals surface area contributed by atoms with Crippen LogP contribution in [0.3, 0.4) is 0 Å². The lowest BCUT2D eigenvalue weighted by molar-refractivity contribution is -0.123. The number of unbranched alkanes of at least 4 members (excludes halogenated alkanes) is 11. The van der Waals surface area contributed by atoms with Crippen LogP contribution in [-0.2, 0) is 4.79 Å². The molecular weight excluding hydrogens is 711 g/mol. The molecular formula is C54H87NO3. The second-order valence-corrected chi connectivity index (χ2v) is 15.1. The SMILES string of the molecule is CC/C=C\C/C=C\C/C=C\C/C=C\C/C=C\C/C=C\C/C=C\C/C=C\C/C=C\C/C=C\C/C=C\CCCCCC(=O)NC(CO)C(O)CCCCCCCCCCC. The van der Waals surface area contributed by atoms with E-state index in [1.54, 1.807) is 0 Å². The normalized spacial score (nSPS) is 14.2. The molecule has 0 spiro atoms. The number of aliphatic hydroxyl groups is 2. The summed E-state index contributed by atoms with van der Waals surface area (Å²) in [5, 5.41) is 23.0. The second kappa shape index (κ2) is 47.9. The third-order valence-corrected chi connectivity index (χ3v) is 9.68. The molecule has 0 heterocycles. The Morgan fingerprint density at radius 1 is 0.431 bits per heavy atom. The molecule has 0 bridgehead atoms. The highest BCUT2D eigenvalue weighted by Gasteiger charge is 2.19. The summed E-state index contributed by atoms with van der Waals surface area (Å²) in [6.45, 7) is 4.18. The van der Waals surface area contributed by atoms with E-state index in [1.807, 2.05) is 0 Å². The van der Waals surface area contributed by atoms with E-state index in [-0.39, 0.29) is 12.5 Å². The van der Waals surface area contributed by atoms with Crippen LogP contribution in [0.2, 0.25) is 0 Å². The number of allylic oxidation sites excluding steroid dienone is 22. The van der Waals surface area contributed by atoms with Gasteiger partial charge in [-0.25, -0.2) is 0 Å². The maximum absolute atomic E-state index is 12.4. The summed E-state index contributed by atoms with van der Waals surface area (Å²) in [7, 11) is 0. The minimum absolute atomic E-state index is 0.0727. The quantitative estimate of drug-likeness (QED) is 0.0427. The van der Waals surface area contributed by atoms with Crippen molar-refractivity contribution in [1.29, 1.82) is 0 Å². The Kier molecular flexibility index (Phi) is 45.0. The lowest BCUT2D eigenvalue weighted by Gasteiger charge is -2.22. The van der Waals surface area contributed by atoms with Gasteiger partial charge in [0.25, 0.3) is 0 Å². The van der Waals surface area contributed by atoms with Crippen molar-refractivity contribution in [1.82, 2.24) is 5.32 Å². The highest BCUT2D eigenvalue weighted by molar-refractivity contribution is 5.76. The number of carbonyl (C=O) groups is 1. The first kappa shape index (κ1) is 54.5. The maximum atomic E-state index is 12.4. The monoisotopic (exact) mass is 798 g/mol. The van der Waals surface area contributed by atoms with E-state index in [0.717, 1.165) is 109 Å². The van der Waals surface area contributed by atoms with Crippen molar-refractivity contribution in [2.75, 3.05) is 6.61 Å². The predicted molar refractivity (Wildman–Crippen MR) is 257 cm³/mol. The van der Waals surface area contributed by atoms with Gasteiger partial charge in [-0.3, -0.25) is 4.79 Å². The summed E-state index contributed by atoms with van der Waals surface area (Å²) in [6, 6.07) is -0.562. The molecule has 0 aromatic heterocycles. The molecule has 0 aliphatic heterocycles. The number of carbonyl (C=O) groups excluding carboxylic acids is 1. The van der Waals surface area contributed by atoms with Gasteiger partial charge in [-0.15, -0.1) is 0 Å². The average Bonchev–Trinajstić information content (AvgIpc) is 3.23. The van der Waals surface area contributed by atoms with Gasteiger partial charge in [0.05, 0.1) is 18.8 Å². The van der Waals surface area contributed by atoms with Crippen LogP contribution in [-0.4, -0.2) is 34.9 Å². The van der Waals surface area contributed by atoms with Gasteiger partial charge in [0.1, 0.15) is 0 Å². The van der Waals surface area contributed by atoms with Gasteiger partial charge in [0.15, 0.2) is 0 Å². The van der Waals surface area contributed by atoms with Crippen LogP contribution in [0, 0.1) is 0 Å². The van der Waals surface area contributed by atoms with E-state index in [2.05, 4.69) is 153 Å². The molecule has 3 N–H and O–H groups in total. The summed E-state index contributed by atoms with van der Waals surface area (Å²) < 4.78 is 0. The summed E-state index contributed by atoms with van der Waals surface area (Å²) in [5.41, 5.74) is 0. The Morgan fingerprint density at radius 2 is 0.759 bits per heavy atom. The molecule has 0 rings (SSSR count). The zero-order valence-electron chi connectivity index (χ0n) is 37.3. The van der Waals surface area contributed by atoms with Gasteiger partial charge in [0, 0.05) is 6.42 Å². The number of amides is 1.